The van der Waals surface area contributed by atoms with Crippen LogP contribution in [0.3, 0.4) is 0 Å². The molecule has 0 atom stereocenters. The fraction of sp³-hybridized carbons (Fsp3) is 0.154. The van der Waals surface area contributed by atoms with E-state index in [9.17, 15) is 9.59 Å². The first-order valence-electron chi connectivity index (χ1n) is 10.3. The highest BCUT2D eigenvalue weighted by molar-refractivity contribution is 6.46. The van der Waals surface area contributed by atoms with Crippen LogP contribution in [0.1, 0.15) is 16.7 Å². The van der Waals surface area contributed by atoms with Crippen LogP contribution in [0.15, 0.2) is 72.4 Å². The SMILES string of the molecule is Cc1ccc(C2=C(Nc3ccc(N(C)C)cc3)C(=O)N(c3ccc(C)c(Cl)c3)C2=O)cc1. The summed E-state index contributed by atoms with van der Waals surface area (Å²) in [5.41, 5.74) is 5.41. The van der Waals surface area contributed by atoms with Gasteiger partial charge in [0.1, 0.15) is 5.70 Å². The second-order valence-electron chi connectivity index (χ2n) is 8.06. The number of hydrogen-bond donors (Lipinski definition) is 1. The smallest absolute Gasteiger partial charge is 0.282 e. The third-order valence-corrected chi connectivity index (χ3v) is 5.90. The zero-order valence-electron chi connectivity index (χ0n) is 18.4. The van der Waals surface area contributed by atoms with Crippen LogP contribution in [0.25, 0.3) is 5.57 Å². The van der Waals surface area contributed by atoms with E-state index in [2.05, 4.69) is 5.32 Å². The standard InChI is InChI=1S/C26H24ClN3O2/c1-16-5-8-18(9-6-16)23-24(28-19-10-13-20(14-11-19)29(3)4)26(32)30(25(23)31)21-12-7-17(2)22(27)15-21/h5-15,28H,1-4H3. The van der Waals surface area contributed by atoms with Gasteiger partial charge < -0.3 is 10.2 Å². The van der Waals surface area contributed by atoms with Gasteiger partial charge >= 0.3 is 0 Å². The van der Waals surface area contributed by atoms with Gasteiger partial charge in [-0.1, -0.05) is 47.5 Å². The minimum atomic E-state index is -0.415. The zero-order chi connectivity index (χ0) is 23.0. The molecule has 32 heavy (non-hydrogen) atoms. The summed E-state index contributed by atoms with van der Waals surface area (Å²) in [6.07, 6.45) is 0. The van der Waals surface area contributed by atoms with Gasteiger partial charge in [0, 0.05) is 30.5 Å². The molecule has 1 N–H and O–H groups in total. The maximum absolute atomic E-state index is 13.5. The lowest BCUT2D eigenvalue weighted by molar-refractivity contribution is -0.120. The Morgan fingerprint density at radius 1 is 0.844 bits per heavy atom. The van der Waals surface area contributed by atoms with Crippen LogP contribution in [-0.2, 0) is 9.59 Å². The fourth-order valence-electron chi connectivity index (χ4n) is 3.58. The average molecular weight is 446 g/mol. The van der Waals surface area contributed by atoms with Crippen molar-refractivity contribution >= 4 is 46.1 Å². The van der Waals surface area contributed by atoms with Crippen molar-refractivity contribution in [1.82, 2.24) is 0 Å². The molecular formula is C26H24ClN3O2. The molecule has 0 saturated carbocycles. The molecule has 0 bridgehead atoms. The molecule has 5 nitrogen and oxygen atoms in total. The van der Waals surface area contributed by atoms with Gasteiger partial charge in [-0.05, 0) is 61.4 Å². The summed E-state index contributed by atoms with van der Waals surface area (Å²) in [5.74, 6) is -0.798. The number of rotatable bonds is 5. The van der Waals surface area contributed by atoms with Crippen LogP contribution in [0, 0.1) is 13.8 Å². The van der Waals surface area contributed by atoms with E-state index in [1.54, 1.807) is 18.2 Å². The second kappa shape index (κ2) is 8.52. The Bertz CT molecular complexity index is 1230. The number of amides is 2. The number of nitrogens with zero attached hydrogens (tertiary/aromatic N) is 2. The third kappa shape index (κ3) is 3.99. The van der Waals surface area contributed by atoms with Crippen molar-refractivity contribution in [3.8, 4) is 0 Å². The molecule has 0 spiro atoms. The van der Waals surface area contributed by atoms with E-state index in [1.807, 2.05) is 81.4 Å². The van der Waals surface area contributed by atoms with Crippen LogP contribution in [0.5, 0.6) is 0 Å². The molecule has 0 fully saturated rings. The van der Waals surface area contributed by atoms with Crippen molar-refractivity contribution < 1.29 is 9.59 Å². The summed E-state index contributed by atoms with van der Waals surface area (Å²) >= 11 is 6.28. The third-order valence-electron chi connectivity index (χ3n) is 5.49. The molecule has 4 rings (SSSR count). The van der Waals surface area contributed by atoms with Gasteiger partial charge in [-0.3, -0.25) is 9.59 Å². The fourth-order valence-corrected chi connectivity index (χ4v) is 3.75. The molecule has 2 amide bonds. The van der Waals surface area contributed by atoms with Crippen molar-refractivity contribution in [2.75, 3.05) is 29.2 Å². The molecule has 3 aromatic carbocycles. The van der Waals surface area contributed by atoms with Gasteiger partial charge in [-0.2, -0.15) is 0 Å². The van der Waals surface area contributed by atoms with Gasteiger partial charge in [-0.25, -0.2) is 4.90 Å². The largest absolute Gasteiger partial charge is 0.378 e. The van der Waals surface area contributed by atoms with E-state index in [1.165, 1.54) is 4.90 Å². The molecule has 0 saturated heterocycles. The first-order valence-corrected chi connectivity index (χ1v) is 10.6. The minimum Gasteiger partial charge on any atom is -0.378 e. The summed E-state index contributed by atoms with van der Waals surface area (Å²) in [7, 11) is 3.93. The number of imide groups is 1. The Morgan fingerprint density at radius 2 is 1.50 bits per heavy atom. The summed E-state index contributed by atoms with van der Waals surface area (Å²) < 4.78 is 0. The number of benzene rings is 3. The lowest BCUT2D eigenvalue weighted by Gasteiger charge is -2.16. The molecule has 1 aliphatic rings. The first kappa shape index (κ1) is 21.7. The van der Waals surface area contributed by atoms with E-state index in [0.29, 0.717) is 21.8 Å². The Kier molecular flexibility index (Phi) is 5.76. The molecule has 0 aliphatic carbocycles. The molecule has 162 valence electrons. The molecule has 3 aromatic rings. The molecule has 0 radical (unpaired) electrons. The van der Waals surface area contributed by atoms with Crippen LogP contribution in [0.4, 0.5) is 17.1 Å². The van der Waals surface area contributed by atoms with E-state index >= 15 is 0 Å². The monoisotopic (exact) mass is 445 g/mol. The second-order valence-corrected chi connectivity index (χ2v) is 8.47. The number of anilines is 3. The average Bonchev–Trinajstić information content (AvgIpc) is 3.01. The van der Waals surface area contributed by atoms with Gasteiger partial charge in [0.2, 0.25) is 0 Å². The highest BCUT2D eigenvalue weighted by Gasteiger charge is 2.40. The van der Waals surface area contributed by atoms with Gasteiger partial charge in [-0.15, -0.1) is 0 Å². The number of nitrogens with one attached hydrogen (secondary N) is 1. The number of hydrogen-bond acceptors (Lipinski definition) is 4. The molecule has 0 aromatic heterocycles. The van der Waals surface area contributed by atoms with Crippen molar-refractivity contribution in [3.63, 3.8) is 0 Å². The van der Waals surface area contributed by atoms with Crippen LogP contribution >= 0.6 is 11.6 Å². The molecule has 1 aliphatic heterocycles. The predicted octanol–water partition coefficient (Wildman–Crippen LogP) is 5.42. The Balaban J connectivity index is 1.78. The highest BCUT2D eigenvalue weighted by Crippen LogP contribution is 2.35. The molecular weight excluding hydrogens is 422 g/mol. The minimum absolute atomic E-state index is 0.244. The van der Waals surface area contributed by atoms with Crippen molar-refractivity contribution in [3.05, 3.63) is 94.1 Å². The van der Waals surface area contributed by atoms with E-state index < -0.39 is 5.91 Å². The normalized spacial score (nSPS) is 13.7. The lowest BCUT2D eigenvalue weighted by Crippen LogP contribution is -2.32. The zero-order valence-corrected chi connectivity index (χ0v) is 19.2. The quantitative estimate of drug-likeness (QED) is 0.533. The maximum atomic E-state index is 13.5. The predicted molar refractivity (Wildman–Crippen MR) is 131 cm³/mol. The van der Waals surface area contributed by atoms with Crippen molar-refractivity contribution in [2.45, 2.75) is 13.8 Å². The topological polar surface area (TPSA) is 52.7 Å². The van der Waals surface area contributed by atoms with Crippen LogP contribution in [-0.4, -0.2) is 25.9 Å². The number of carbonyl (C=O) groups is 2. The van der Waals surface area contributed by atoms with Gasteiger partial charge in [0.25, 0.3) is 11.8 Å². The van der Waals surface area contributed by atoms with Gasteiger partial charge in [0.05, 0.1) is 11.3 Å². The summed E-state index contributed by atoms with van der Waals surface area (Å²) in [4.78, 5) is 30.1. The maximum Gasteiger partial charge on any atom is 0.282 e. The lowest BCUT2D eigenvalue weighted by atomic mass is 10.0. The summed E-state index contributed by atoms with van der Waals surface area (Å²) in [5, 5.41) is 3.69. The Morgan fingerprint density at radius 3 is 2.09 bits per heavy atom. The summed E-state index contributed by atoms with van der Waals surface area (Å²) in [6, 6.07) is 20.4. The highest BCUT2D eigenvalue weighted by atomic mass is 35.5. The Labute approximate surface area is 192 Å². The van der Waals surface area contributed by atoms with Crippen molar-refractivity contribution in [2.24, 2.45) is 0 Å². The number of halogens is 1. The van der Waals surface area contributed by atoms with E-state index in [4.69, 9.17) is 11.6 Å². The van der Waals surface area contributed by atoms with Crippen LogP contribution in [0.2, 0.25) is 5.02 Å². The van der Waals surface area contributed by atoms with E-state index in [-0.39, 0.29) is 11.6 Å². The molecule has 1 heterocycles. The Hall–Kier alpha value is -3.57. The molecule has 6 heteroatoms. The van der Waals surface area contributed by atoms with Gasteiger partial charge in [0.15, 0.2) is 0 Å². The first-order chi connectivity index (χ1) is 15.3. The number of aryl methyl sites for hydroxylation is 2. The van der Waals surface area contributed by atoms with Crippen LogP contribution < -0.4 is 15.1 Å². The van der Waals surface area contributed by atoms with Crippen molar-refractivity contribution in [1.29, 1.82) is 0 Å². The summed E-state index contributed by atoms with van der Waals surface area (Å²) in [6.45, 7) is 3.85. The number of carbonyl (C=O) groups excluding carboxylic acids is 2. The van der Waals surface area contributed by atoms with E-state index in [0.717, 1.165) is 22.5 Å². The molecule has 0 unspecified atom stereocenters.